The normalized spacial score (nSPS) is 18.6. The molecule has 0 radical (unpaired) electrons. The highest BCUT2D eigenvalue weighted by atomic mass is 16.5. The number of rotatable bonds is 4. The van der Waals surface area contributed by atoms with Crippen LogP contribution >= 0.6 is 0 Å². The molecule has 1 aliphatic heterocycles. The Labute approximate surface area is 136 Å². The second-order valence-electron chi connectivity index (χ2n) is 6.57. The minimum Gasteiger partial charge on any atom is -0.483 e. The first-order valence-electron chi connectivity index (χ1n) is 7.63. The van der Waals surface area contributed by atoms with Gasteiger partial charge in [0.25, 0.3) is 5.91 Å². The molecule has 0 unspecified atom stereocenters. The average molecular weight is 321 g/mol. The summed E-state index contributed by atoms with van der Waals surface area (Å²) in [6.45, 7) is 6.79. The van der Waals surface area contributed by atoms with Crippen LogP contribution < -0.4 is 4.74 Å². The topological polar surface area (TPSA) is 76.1 Å². The fourth-order valence-corrected chi connectivity index (χ4v) is 2.47. The van der Waals surface area contributed by atoms with Crippen LogP contribution in [-0.4, -0.2) is 54.3 Å². The SMILES string of the molecule is CC(C)(C)c1ccccc1OCC(=O)N1CCO[C@@H](C(=O)O)C1. The van der Waals surface area contributed by atoms with Gasteiger partial charge in [0.05, 0.1) is 13.2 Å². The summed E-state index contributed by atoms with van der Waals surface area (Å²) >= 11 is 0. The first-order chi connectivity index (χ1) is 10.8. The van der Waals surface area contributed by atoms with Crippen LogP contribution in [-0.2, 0) is 19.7 Å². The number of carboxylic acid groups (broad SMARTS) is 1. The summed E-state index contributed by atoms with van der Waals surface area (Å²) in [6.07, 6.45) is -0.963. The molecular weight excluding hydrogens is 298 g/mol. The van der Waals surface area contributed by atoms with Crippen LogP contribution in [0.5, 0.6) is 5.75 Å². The van der Waals surface area contributed by atoms with Crippen LogP contribution in [0, 0.1) is 0 Å². The van der Waals surface area contributed by atoms with E-state index in [4.69, 9.17) is 14.6 Å². The van der Waals surface area contributed by atoms with Gasteiger partial charge in [-0.25, -0.2) is 4.79 Å². The fraction of sp³-hybridized carbons (Fsp3) is 0.529. The van der Waals surface area contributed by atoms with Crippen molar-refractivity contribution in [2.24, 2.45) is 0 Å². The minimum atomic E-state index is -1.05. The van der Waals surface area contributed by atoms with Crippen molar-refractivity contribution in [3.63, 3.8) is 0 Å². The number of amides is 1. The van der Waals surface area contributed by atoms with Crippen molar-refractivity contribution in [1.29, 1.82) is 0 Å². The average Bonchev–Trinajstić information content (AvgIpc) is 2.52. The Balaban J connectivity index is 1.99. The van der Waals surface area contributed by atoms with Crippen molar-refractivity contribution >= 4 is 11.9 Å². The van der Waals surface area contributed by atoms with Gasteiger partial charge in [-0.05, 0) is 17.0 Å². The first-order valence-corrected chi connectivity index (χ1v) is 7.63. The Morgan fingerprint density at radius 1 is 1.35 bits per heavy atom. The van der Waals surface area contributed by atoms with Crippen molar-refractivity contribution in [1.82, 2.24) is 4.90 Å². The molecule has 1 saturated heterocycles. The van der Waals surface area contributed by atoms with Crippen molar-refractivity contribution in [2.45, 2.75) is 32.3 Å². The third-order valence-electron chi connectivity index (χ3n) is 3.74. The smallest absolute Gasteiger partial charge is 0.334 e. The number of carboxylic acids is 1. The van der Waals surface area contributed by atoms with Crippen LogP contribution in [0.3, 0.4) is 0 Å². The highest BCUT2D eigenvalue weighted by Crippen LogP contribution is 2.30. The number of morpholine rings is 1. The van der Waals surface area contributed by atoms with Crippen LogP contribution in [0.15, 0.2) is 24.3 Å². The van der Waals surface area contributed by atoms with Crippen molar-refractivity contribution in [3.05, 3.63) is 29.8 Å². The maximum absolute atomic E-state index is 12.3. The maximum atomic E-state index is 12.3. The van der Waals surface area contributed by atoms with E-state index in [0.717, 1.165) is 5.56 Å². The van der Waals surface area contributed by atoms with Gasteiger partial charge >= 0.3 is 5.97 Å². The molecule has 2 rings (SSSR count). The van der Waals surface area contributed by atoms with E-state index in [1.165, 1.54) is 4.90 Å². The van der Waals surface area contributed by atoms with Gasteiger partial charge in [0.15, 0.2) is 12.7 Å². The van der Waals surface area contributed by atoms with Crippen LogP contribution in [0.25, 0.3) is 0 Å². The fourth-order valence-electron chi connectivity index (χ4n) is 2.47. The lowest BCUT2D eigenvalue weighted by Crippen LogP contribution is -2.49. The summed E-state index contributed by atoms with van der Waals surface area (Å²) < 4.78 is 10.8. The largest absolute Gasteiger partial charge is 0.483 e. The van der Waals surface area contributed by atoms with Gasteiger partial charge in [-0.1, -0.05) is 39.0 Å². The Kier molecular flexibility index (Phi) is 5.26. The molecule has 6 nitrogen and oxygen atoms in total. The molecule has 1 amide bonds. The van der Waals surface area contributed by atoms with Gasteiger partial charge in [-0.2, -0.15) is 0 Å². The molecule has 1 atom stereocenters. The molecule has 0 saturated carbocycles. The monoisotopic (exact) mass is 321 g/mol. The number of aliphatic carboxylic acids is 1. The molecule has 6 heteroatoms. The summed E-state index contributed by atoms with van der Waals surface area (Å²) in [5.41, 5.74) is 0.936. The van der Waals surface area contributed by atoms with Crippen molar-refractivity contribution in [3.8, 4) is 5.75 Å². The Bertz CT molecular complexity index is 579. The van der Waals surface area contributed by atoms with Gasteiger partial charge in [0.2, 0.25) is 0 Å². The number of para-hydroxylation sites is 1. The van der Waals surface area contributed by atoms with Gasteiger partial charge in [-0.15, -0.1) is 0 Å². The van der Waals surface area contributed by atoms with Crippen LogP contribution in [0.1, 0.15) is 26.3 Å². The van der Waals surface area contributed by atoms with Gasteiger partial charge in [-0.3, -0.25) is 4.79 Å². The molecule has 23 heavy (non-hydrogen) atoms. The predicted molar refractivity (Wildman–Crippen MR) is 84.6 cm³/mol. The van der Waals surface area contributed by atoms with Crippen molar-refractivity contribution < 1.29 is 24.2 Å². The van der Waals surface area contributed by atoms with E-state index < -0.39 is 12.1 Å². The lowest BCUT2D eigenvalue weighted by atomic mass is 9.86. The molecule has 0 aromatic heterocycles. The number of ether oxygens (including phenoxy) is 2. The molecule has 0 aliphatic carbocycles. The number of nitrogens with zero attached hydrogens (tertiary/aromatic N) is 1. The number of benzene rings is 1. The summed E-state index contributed by atoms with van der Waals surface area (Å²) in [4.78, 5) is 24.7. The lowest BCUT2D eigenvalue weighted by molar-refractivity contribution is -0.159. The lowest BCUT2D eigenvalue weighted by Gasteiger charge is -2.31. The molecule has 1 heterocycles. The zero-order valence-electron chi connectivity index (χ0n) is 13.7. The zero-order chi connectivity index (χ0) is 17.0. The highest BCUT2D eigenvalue weighted by molar-refractivity contribution is 5.79. The maximum Gasteiger partial charge on any atom is 0.334 e. The Morgan fingerprint density at radius 3 is 2.70 bits per heavy atom. The van der Waals surface area contributed by atoms with Crippen molar-refractivity contribution in [2.75, 3.05) is 26.3 Å². The third kappa shape index (κ3) is 4.45. The molecule has 126 valence electrons. The van der Waals surface area contributed by atoms with E-state index in [2.05, 4.69) is 20.8 Å². The minimum absolute atomic E-state index is 0.0540. The van der Waals surface area contributed by atoms with Crippen LogP contribution in [0.2, 0.25) is 0 Å². The van der Waals surface area contributed by atoms with Crippen LogP contribution in [0.4, 0.5) is 0 Å². The van der Waals surface area contributed by atoms with Gasteiger partial charge in [0.1, 0.15) is 5.75 Å². The van der Waals surface area contributed by atoms with Gasteiger partial charge in [0, 0.05) is 6.54 Å². The molecule has 1 aromatic rings. The molecule has 1 fully saturated rings. The van der Waals surface area contributed by atoms with E-state index in [9.17, 15) is 9.59 Å². The van der Waals surface area contributed by atoms with E-state index in [0.29, 0.717) is 12.3 Å². The summed E-state index contributed by atoms with van der Waals surface area (Å²) in [5.74, 6) is -0.610. The van der Waals surface area contributed by atoms with E-state index in [-0.39, 0.29) is 31.1 Å². The molecule has 0 spiro atoms. The predicted octanol–water partition coefficient (Wildman–Crippen LogP) is 1.67. The number of carbonyl (C=O) groups is 2. The standard InChI is InChI=1S/C17H23NO5/c1-17(2,3)12-6-4-5-7-13(12)23-11-15(19)18-8-9-22-14(10-18)16(20)21/h4-7,14H,8-11H2,1-3H3,(H,20,21)/t14-/m1/s1. The van der Waals surface area contributed by atoms with E-state index in [1.807, 2.05) is 24.3 Å². The molecule has 1 aliphatic rings. The van der Waals surface area contributed by atoms with Gasteiger partial charge < -0.3 is 19.5 Å². The Hall–Kier alpha value is -2.08. The molecule has 0 bridgehead atoms. The summed E-state index contributed by atoms with van der Waals surface area (Å²) in [7, 11) is 0. The van der Waals surface area contributed by atoms with E-state index in [1.54, 1.807) is 0 Å². The number of carbonyl (C=O) groups excluding carboxylic acids is 1. The number of hydrogen-bond donors (Lipinski definition) is 1. The Morgan fingerprint density at radius 2 is 2.04 bits per heavy atom. The second-order valence-corrected chi connectivity index (χ2v) is 6.57. The molecule has 1 aromatic carbocycles. The zero-order valence-corrected chi connectivity index (χ0v) is 13.7. The quantitative estimate of drug-likeness (QED) is 0.913. The summed E-state index contributed by atoms with van der Waals surface area (Å²) in [6, 6.07) is 7.63. The van der Waals surface area contributed by atoms with E-state index >= 15 is 0 Å². The second kappa shape index (κ2) is 7.00. The highest BCUT2D eigenvalue weighted by Gasteiger charge is 2.29. The third-order valence-corrected chi connectivity index (χ3v) is 3.74. The first kappa shape index (κ1) is 17.3. The summed E-state index contributed by atoms with van der Waals surface area (Å²) in [5, 5.41) is 8.98. The number of hydrogen-bond acceptors (Lipinski definition) is 4. The molecule has 1 N–H and O–H groups in total. The molecular formula is C17H23NO5.